The molecule has 0 aromatic carbocycles. The molecule has 1 aliphatic heterocycles. The second-order valence-electron chi connectivity index (χ2n) is 4.00. The Hall–Kier alpha value is -0.320. The summed E-state index contributed by atoms with van der Waals surface area (Å²) in [5.41, 5.74) is 0. The van der Waals surface area contributed by atoms with Gasteiger partial charge in [0.15, 0.2) is 0 Å². The largest absolute Gasteiger partial charge is 0.470 e. The Labute approximate surface area is 107 Å². The lowest BCUT2D eigenvalue weighted by Gasteiger charge is -2.22. The third-order valence-corrected chi connectivity index (χ3v) is 3.47. The molecule has 1 atom stereocenters. The smallest absolute Gasteiger partial charge is 0.273 e. The zero-order chi connectivity index (χ0) is 10.3. The van der Waals surface area contributed by atoms with Gasteiger partial charge in [-0.3, -0.25) is 0 Å². The van der Waals surface area contributed by atoms with Gasteiger partial charge in [0.1, 0.15) is 0 Å². The second kappa shape index (κ2) is 7.87. The monoisotopic (exact) mass is 262 g/mol. The predicted octanol–water partition coefficient (Wildman–Crippen LogP) is 2.72. The number of aromatic nitrogens is 1. The first-order valence-electron chi connectivity index (χ1n) is 5.68. The number of rotatable bonds is 5. The van der Waals surface area contributed by atoms with E-state index in [2.05, 4.69) is 10.3 Å². The Bertz CT molecular complexity index is 263. The topological polar surface area (TPSA) is 34.1 Å². The molecule has 0 amide bonds. The van der Waals surface area contributed by atoms with Crippen LogP contribution in [0, 0.1) is 5.92 Å². The summed E-state index contributed by atoms with van der Waals surface area (Å²) in [5.74, 6) is 0.860. The van der Waals surface area contributed by atoms with E-state index in [-0.39, 0.29) is 12.4 Å². The van der Waals surface area contributed by atoms with Crippen LogP contribution in [0.3, 0.4) is 0 Å². The number of piperidine rings is 1. The lowest BCUT2D eigenvalue weighted by Crippen LogP contribution is -2.29. The molecule has 1 saturated heterocycles. The number of halogens is 1. The normalized spacial score (nSPS) is 20.1. The van der Waals surface area contributed by atoms with Crippen molar-refractivity contribution in [3.8, 4) is 5.19 Å². The number of nitrogens with one attached hydrogen (secondary N) is 1. The molecule has 1 aliphatic rings. The van der Waals surface area contributed by atoms with Gasteiger partial charge >= 0.3 is 0 Å². The fourth-order valence-corrected chi connectivity index (χ4v) is 2.49. The minimum Gasteiger partial charge on any atom is -0.470 e. The molecule has 16 heavy (non-hydrogen) atoms. The highest BCUT2D eigenvalue weighted by molar-refractivity contribution is 7.11. The molecule has 1 fully saturated rings. The van der Waals surface area contributed by atoms with E-state index in [0.29, 0.717) is 0 Å². The highest BCUT2D eigenvalue weighted by Gasteiger charge is 2.12. The molecule has 2 rings (SSSR count). The van der Waals surface area contributed by atoms with Crippen LogP contribution in [-0.2, 0) is 0 Å². The number of hydrogen-bond acceptors (Lipinski definition) is 4. The van der Waals surface area contributed by atoms with Crippen molar-refractivity contribution in [2.75, 3.05) is 19.7 Å². The fourth-order valence-electron chi connectivity index (χ4n) is 1.98. The third kappa shape index (κ3) is 4.68. The van der Waals surface area contributed by atoms with Gasteiger partial charge in [-0.1, -0.05) is 11.3 Å². The van der Waals surface area contributed by atoms with Crippen LogP contribution < -0.4 is 10.1 Å². The molecule has 1 aromatic heterocycles. The van der Waals surface area contributed by atoms with Crippen LogP contribution in [0.5, 0.6) is 5.19 Å². The zero-order valence-electron chi connectivity index (χ0n) is 9.35. The van der Waals surface area contributed by atoms with E-state index in [4.69, 9.17) is 4.74 Å². The van der Waals surface area contributed by atoms with Crippen molar-refractivity contribution in [1.29, 1.82) is 0 Å². The van der Waals surface area contributed by atoms with Crippen LogP contribution >= 0.6 is 23.7 Å². The van der Waals surface area contributed by atoms with Gasteiger partial charge in [-0.05, 0) is 44.7 Å². The Balaban J connectivity index is 0.00000128. The average molecular weight is 263 g/mol. The Kier molecular flexibility index (Phi) is 6.76. The van der Waals surface area contributed by atoms with Crippen molar-refractivity contribution in [2.45, 2.75) is 25.7 Å². The van der Waals surface area contributed by atoms with E-state index in [1.165, 1.54) is 32.4 Å². The first kappa shape index (κ1) is 13.7. The van der Waals surface area contributed by atoms with Crippen molar-refractivity contribution in [1.82, 2.24) is 10.3 Å². The lowest BCUT2D eigenvalue weighted by atomic mass is 9.95. The lowest BCUT2D eigenvalue weighted by molar-refractivity contribution is 0.274. The molecular formula is C11H19ClN2OS. The highest BCUT2D eigenvalue weighted by atomic mass is 35.5. The zero-order valence-corrected chi connectivity index (χ0v) is 11.0. The van der Waals surface area contributed by atoms with E-state index in [1.54, 1.807) is 17.5 Å². The van der Waals surface area contributed by atoms with Crippen molar-refractivity contribution >= 4 is 23.7 Å². The number of hydrogen-bond donors (Lipinski definition) is 1. The van der Waals surface area contributed by atoms with E-state index < -0.39 is 0 Å². The van der Waals surface area contributed by atoms with Crippen molar-refractivity contribution < 1.29 is 4.74 Å². The average Bonchev–Trinajstić information content (AvgIpc) is 2.79. The van der Waals surface area contributed by atoms with Gasteiger partial charge in [-0.15, -0.1) is 12.4 Å². The summed E-state index contributed by atoms with van der Waals surface area (Å²) in [6.07, 6.45) is 6.91. The van der Waals surface area contributed by atoms with Gasteiger partial charge < -0.3 is 10.1 Å². The first-order chi connectivity index (χ1) is 7.45. The van der Waals surface area contributed by atoms with Crippen LogP contribution in [0.4, 0.5) is 0 Å². The van der Waals surface area contributed by atoms with Crippen LogP contribution in [0.1, 0.15) is 25.7 Å². The number of nitrogens with zero attached hydrogens (tertiary/aromatic N) is 1. The van der Waals surface area contributed by atoms with E-state index in [9.17, 15) is 0 Å². The Morgan fingerprint density at radius 2 is 2.50 bits per heavy atom. The molecule has 0 bridgehead atoms. The molecule has 2 heterocycles. The maximum atomic E-state index is 5.52. The molecular weight excluding hydrogens is 244 g/mol. The summed E-state index contributed by atoms with van der Waals surface area (Å²) in [6, 6.07) is 0. The van der Waals surface area contributed by atoms with E-state index in [0.717, 1.165) is 24.1 Å². The summed E-state index contributed by atoms with van der Waals surface area (Å²) in [4.78, 5) is 4.08. The minimum atomic E-state index is 0. The molecule has 0 radical (unpaired) electrons. The summed E-state index contributed by atoms with van der Waals surface area (Å²) in [5, 5.41) is 6.19. The van der Waals surface area contributed by atoms with Crippen molar-refractivity contribution in [3.63, 3.8) is 0 Å². The van der Waals surface area contributed by atoms with Gasteiger partial charge in [0.05, 0.1) is 6.61 Å². The van der Waals surface area contributed by atoms with Crippen molar-refractivity contribution in [2.24, 2.45) is 5.92 Å². The number of ether oxygens (including phenoxy) is 1. The molecule has 1 aromatic rings. The summed E-state index contributed by atoms with van der Waals surface area (Å²) >= 11 is 1.56. The van der Waals surface area contributed by atoms with E-state index >= 15 is 0 Å². The quantitative estimate of drug-likeness (QED) is 0.829. The first-order valence-corrected chi connectivity index (χ1v) is 6.56. The molecule has 0 spiro atoms. The molecule has 1 N–H and O–H groups in total. The van der Waals surface area contributed by atoms with E-state index in [1.807, 2.05) is 5.38 Å². The maximum Gasteiger partial charge on any atom is 0.273 e. The third-order valence-electron chi connectivity index (χ3n) is 2.79. The van der Waals surface area contributed by atoms with Gasteiger partial charge in [-0.2, -0.15) is 0 Å². The molecule has 0 aliphatic carbocycles. The SMILES string of the molecule is Cl.c1csc(OCCCC2CCCNC2)n1. The van der Waals surface area contributed by atoms with Crippen LogP contribution in [0.2, 0.25) is 0 Å². The number of thiazole rings is 1. The Morgan fingerprint density at radius 3 is 3.19 bits per heavy atom. The van der Waals surface area contributed by atoms with Gasteiger partial charge in [0.2, 0.25) is 0 Å². The van der Waals surface area contributed by atoms with Crippen LogP contribution in [-0.4, -0.2) is 24.7 Å². The van der Waals surface area contributed by atoms with Crippen molar-refractivity contribution in [3.05, 3.63) is 11.6 Å². The standard InChI is InChI=1S/C11H18N2OS.ClH/c1-3-10(9-12-5-1)4-2-7-14-11-13-6-8-15-11;/h6,8,10,12H,1-5,7,9H2;1H. The minimum absolute atomic E-state index is 0. The summed E-state index contributed by atoms with van der Waals surface area (Å²) in [6.45, 7) is 3.20. The molecule has 5 heteroatoms. The van der Waals surface area contributed by atoms with Gasteiger partial charge in [-0.25, -0.2) is 4.98 Å². The second-order valence-corrected chi connectivity index (χ2v) is 4.86. The van der Waals surface area contributed by atoms with Crippen LogP contribution in [0.25, 0.3) is 0 Å². The predicted molar refractivity (Wildman–Crippen MR) is 69.7 cm³/mol. The summed E-state index contributed by atoms with van der Waals surface area (Å²) in [7, 11) is 0. The highest BCUT2D eigenvalue weighted by Crippen LogP contribution is 2.17. The molecule has 92 valence electrons. The van der Waals surface area contributed by atoms with Gasteiger partial charge in [0, 0.05) is 11.6 Å². The van der Waals surface area contributed by atoms with Crippen LogP contribution in [0.15, 0.2) is 11.6 Å². The molecule has 3 nitrogen and oxygen atoms in total. The molecule has 1 unspecified atom stereocenters. The molecule has 0 saturated carbocycles. The summed E-state index contributed by atoms with van der Waals surface area (Å²) < 4.78 is 5.52. The maximum absolute atomic E-state index is 5.52. The Morgan fingerprint density at radius 1 is 1.56 bits per heavy atom. The van der Waals surface area contributed by atoms with Gasteiger partial charge in [0.25, 0.3) is 5.19 Å². The fraction of sp³-hybridized carbons (Fsp3) is 0.727.